The molecule has 0 atom stereocenters. The van der Waals surface area contributed by atoms with Crippen LogP contribution in [0.5, 0.6) is 5.75 Å². The summed E-state index contributed by atoms with van der Waals surface area (Å²) in [7, 11) is 0. The summed E-state index contributed by atoms with van der Waals surface area (Å²) in [4.78, 5) is 14.9. The van der Waals surface area contributed by atoms with Crippen LogP contribution in [0.2, 0.25) is 0 Å². The zero-order chi connectivity index (χ0) is 21.6. The second-order valence-electron chi connectivity index (χ2n) is 6.50. The van der Waals surface area contributed by atoms with Gasteiger partial charge in [0, 0.05) is 35.8 Å². The molecule has 9 heteroatoms. The predicted molar refractivity (Wildman–Crippen MR) is 118 cm³/mol. The number of thioether (sulfide) groups is 1. The van der Waals surface area contributed by atoms with Crippen LogP contribution in [-0.2, 0) is 5.75 Å². The van der Waals surface area contributed by atoms with Crippen LogP contribution in [0.25, 0.3) is 17.1 Å². The normalized spacial score (nSPS) is 10.7. The van der Waals surface area contributed by atoms with Crippen molar-refractivity contribution in [3.05, 3.63) is 88.7 Å². The average Bonchev–Trinajstić information content (AvgIpc) is 3.23. The Balaban J connectivity index is 1.74. The van der Waals surface area contributed by atoms with Crippen molar-refractivity contribution in [2.24, 2.45) is 0 Å². The van der Waals surface area contributed by atoms with Gasteiger partial charge in [-0.05, 0) is 36.8 Å². The van der Waals surface area contributed by atoms with E-state index in [9.17, 15) is 10.1 Å². The molecule has 0 radical (unpaired) electrons. The van der Waals surface area contributed by atoms with Gasteiger partial charge in [0.15, 0.2) is 11.0 Å². The Kier molecular flexibility index (Phi) is 6.23. The first kappa shape index (κ1) is 20.5. The average molecular weight is 433 g/mol. The Morgan fingerprint density at radius 1 is 1.10 bits per heavy atom. The fourth-order valence-corrected chi connectivity index (χ4v) is 3.98. The number of pyridine rings is 1. The third-order valence-electron chi connectivity index (χ3n) is 4.45. The van der Waals surface area contributed by atoms with E-state index in [4.69, 9.17) is 4.74 Å². The Labute approximate surface area is 183 Å². The first-order chi connectivity index (χ1) is 15.2. The lowest BCUT2D eigenvalue weighted by Crippen LogP contribution is -2.04. The summed E-state index contributed by atoms with van der Waals surface area (Å²) in [6, 6.07) is 18.1. The monoisotopic (exact) mass is 433 g/mol. The molecule has 31 heavy (non-hydrogen) atoms. The maximum absolute atomic E-state index is 11.1. The number of ether oxygens (including phenoxy) is 1. The van der Waals surface area contributed by atoms with E-state index in [1.807, 2.05) is 54.0 Å². The highest BCUT2D eigenvalue weighted by atomic mass is 32.2. The van der Waals surface area contributed by atoms with Gasteiger partial charge in [-0.25, -0.2) is 0 Å². The molecule has 0 aliphatic rings. The minimum atomic E-state index is -0.393. The lowest BCUT2D eigenvalue weighted by molar-refractivity contribution is -0.384. The van der Waals surface area contributed by atoms with Gasteiger partial charge in [0.25, 0.3) is 5.69 Å². The number of hydrogen-bond acceptors (Lipinski definition) is 7. The second-order valence-corrected chi connectivity index (χ2v) is 7.44. The number of nitrogens with zero attached hydrogens (tertiary/aromatic N) is 5. The molecule has 8 nitrogen and oxygen atoms in total. The molecule has 0 aliphatic heterocycles. The fourth-order valence-electron chi connectivity index (χ4n) is 3.09. The molecular formula is C22H19N5O3S. The zero-order valence-corrected chi connectivity index (χ0v) is 17.5. The number of rotatable bonds is 8. The van der Waals surface area contributed by atoms with Crippen molar-refractivity contribution in [2.45, 2.75) is 17.8 Å². The fraction of sp³-hybridized carbons (Fsp3) is 0.136. The second kappa shape index (κ2) is 9.40. The number of aromatic nitrogens is 4. The van der Waals surface area contributed by atoms with Crippen LogP contribution < -0.4 is 4.74 Å². The van der Waals surface area contributed by atoms with Gasteiger partial charge >= 0.3 is 0 Å². The zero-order valence-electron chi connectivity index (χ0n) is 16.7. The molecule has 0 fully saturated rings. The van der Waals surface area contributed by atoms with E-state index >= 15 is 0 Å². The van der Waals surface area contributed by atoms with E-state index < -0.39 is 4.92 Å². The molecule has 2 heterocycles. The molecular weight excluding hydrogens is 414 g/mol. The van der Waals surface area contributed by atoms with Crippen molar-refractivity contribution < 1.29 is 9.66 Å². The van der Waals surface area contributed by atoms with Gasteiger partial charge in [-0.3, -0.25) is 19.7 Å². The van der Waals surface area contributed by atoms with Crippen molar-refractivity contribution in [2.75, 3.05) is 6.61 Å². The van der Waals surface area contributed by atoms with Gasteiger partial charge in [0.05, 0.1) is 17.2 Å². The number of benzene rings is 2. The van der Waals surface area contributed by atoms with Crippen molar-refractivity contribution in [3.8, 4) is 22.8 Å². The first-order valence-electron chi connectivity index (χ1n) is 9.61. The third kappa shape index (κ3) is 4.56. The van der Waals surface area contributed by atoms with E-state index in [2.05, 4.69) is 15.2 Å². The highest BCUT2D eigenvalue weighted by Gasteiger charge is 2.19. The van der Waals surface area contributed by atoms with Crippen LogP contribution in [-0.4, -0.2) is 31.3 Å². The predicted octanol–water partition coefficient (Wildman–Crippen LogP) is 4.93. The van der Waals surface area contributed by atoms with Crippen LogP contribution >= 0.6 is 11.8 Å². The van der Waals surface area contributed by atoms with Crippen LogP contribution in [0.3, 0.4) is 0 Å². The molecule has 156 valence electrons. The summed E-state index contributed by atoms with van der Waals surface area (Å²) in [6.45, 7) is 2.46. The molecule has 4 aromatic rings. The largest absolute Gasteiger partial charge is 0.492 e. The highest BCUT2D eigenvalue weighted by molar-refractivity contribution is 7.98. The molecule has 2 aromatic heterocycles. The van der Waals surface area contributed by atoms with Gasteiger partial charge in [-0.15, -0.1) is 10.2 Å². The van der Waals surface area contributed by atoms with Crippen molar-refractivity contribution in [1.29, 1.82) is 0 Å². The third-order valence-corrected chi connectivity index (χ3v) is 5.45. The molecule has 0 saturated carbocycles. The van der Waals surface area contributed by atoms with Crippen LogP contribution in [0, 0.1) is 10.1 Å². The quantitative estimate of drug-likeness (QED) is 0.221. The number of non-ortho nitro benzene ring substituents is 1. The topological polar surface area (TPSA) is 96.0 Å². The lowest BCUT2D eigenvalue weighted by Gasteiger charge is -2.14. The number of hydrogen-bond donors (Lipinski definition) is 0. The molecule has 0 aliphatic carbocycles. The van der Waals surface area contributed by atoms with E-state index in [1.165, 1.54) is 17.8 Å². The Bertz CT molecular complexity index is 1200. The maximum atomic E-state index is 11.1. The van der Waals surface area contributed by atoms with Crippen molar-refractivity contribution in [1.82, 2.24) is 19.7 Å². The van der Waals surface area contributed by atoms with Crippen LogP contribution in [0.1, 0.15) is 12.5 Å². The summed E-state index contributed by atoms with van der Waals surface area (Å²) in [5.41, 5.74) is 2.53. The van der Waals surface area contributed by atoms with Gasteiger partial charge in [0.1, 0.15) is 5.75 Å². The van der Waals surface area contributed by atoms with Gasteiger partial charge < -0.3 is 4.74 Å². The highest BCUT2D eigenvalue weighted by Crippen LogP contribution is 2.33. The number of nitro benzene ring substituents is 1. The van der Waals surface area contributed by atoms with E-state index in [1.54, 1.807) is 24.5 Å². The smallest absolute Gasteiger partial charge is 0.269 e. The summed E-state index contributed by atoms with van der Waals surface area (Å²) in [5, 5.41) is 20.5. The van der Waals surface area contributed by atoms with Crippen molar-refractivity contribution >= 4 is 17.4 Å². The van der Waals surface area contributed by atoms with Gasteiger partial charge in [-0.2, -0.15) is 0 Å². The number of para-hydroxylation sites is 2. The Morgan fingerprint density at radius 2 is 1.97 bits per heavy atom. The Hall–Kier alpha value is -3.72. The molecule has 0 amide bonds. The minimum Gasteiger partial charge on any atom is -0.492 e. The molecule has 0 unspecified atom stereocenters. The van der Waals surface area contributed by atoms with E-state index in [0.29, 0.717) is 29.1 Å². The summed E-state index contributed by atoms with van der Waals surface area (Å²) >= 11 is 1.45. The van der Waals surface area contributed by atoms with Gasteiger partial charge in [-0.1, -0.05) is 36.0 Å². The first-order valence-corrected chi connectivity index (χ1v) is 10.6. The van der Waals surface area contributed by atoms with Crippen LogP contribution in [0.4, 0.5) is 5.69 Å². The van der Waals surface area contributed by atoms with Crippen LogP contribution in [0.15, 0.2) is 78.2 Å². The van der Waals surface area contributed by atoms with Gasteiger partial charge in [0.2, 0.25) is 0 Å². The SMILES string of the molecule is CCOc1ccccc1-n1c(SCc2cccc([N+](=O)[O-])c2)nnc1-c1cccnc1. The van der Waals surface area contributed by atoms with E-state index in [0.717, 1.165) is 16.8 Å². The molecule has 4 rings (SSSR count). The summed E-state index contributed by atoms with van der Waals surface area (Å²) < 4.78 is 7.77. The lowest BCUT2D eigenvalue weighted by atomic mass is 10.2. The standard InChI is InChI=1S/C22H19N5O3S/c1-2-30-20-11-4-3-10-19(20)26-21(17-8-6-12-23-14-17)24-25-22(26)31-15-16-7-5-9-18(13-16)27(28)29/h3-14H,2,15H2,1H3. The summed E-state index contributed by atoms with van der Waals surface area (Å²) in [5.74, 6) is 1.86. The molecule has 2 aromatic carbocycles. The van der Waals surface area contributed by atoms with E-state index in [-0.39, 0.29) is 5.69 Å². The minimum absolute atomic E-state index is 0.0670. The molecule has 0 spiro atoms. The summed E-state index contributed by atoms with van der Waals surface area (Å²) in [6.07, 6.45) is 3.44. The maximum Gasteiger partial charge on any atom is 0.269 e. The van der Waals surface area contributed by atoms with Crippen molar-refractivity contribution in [3.63, 3.8) is 0 Å². The molecule has 0 bridgehead atoms. The Morgan fingerprint density at radius 3 is 2.74 bits per heavy atom. The molecule has 0 saturated heterocycles. The number of nitro groups is 1. The molecule has 0 N–H and O–H groups in total.